The van der Waals surface area contributed by atoms with Gasteiger partial charge in [0, 0.05) is 4.47 Å². The molecule has 0 aliphatic carbocycles. The number of aryl methyl sites for hydroxylation is 1. The van der Waals surface area contributed by atoms with Crippen molar-refractivity contribution in [3.63, 3.8) is 0 Å². The van der Waals surface area contributed by atoms with E-state index >= 15 is 0 Å². The van der Waals surface area contributed by atoms with E-state index in [-0.39, 0.29) is 0 Å². The molecule has 0 fully saturated rings. The normalized spacial score (nSPS) is 10.7. The molecule has 0 bridgehead atoms. The smallest absolute Gasteiger partial charge is 0.0954 e. The maximum absolute atomic E-state index is 4.23. The monoisotopic (exact) mass is 227 g/mol. The van der Waals surface area contributed by atoms with Crippen LogP contribution in [0, 0.1) is 6.92 Å². The fourth-order valence-electron chi connectivity index (χ4n) is 1.05. The molecule has 1 aromatic heterocycles. The maximum atomic E-state index is 4.23. The van der Waals surface area contributed by atoms with E-state index in [0.29, 0.717) is 0 Å². The number of nitrogens with zero attached hydrogens (tertiary/aromatic N) is 1. The average molecular weight is 228 g/mol. The van der Waals surface area contributed by atoms with Crippen LogP contribution in [-0.2, 0) is 0 Å². The first-order valence-electron chi connectivity index (χ1n) is 3.27. The second kappa shape index (κ2) is 2.57. The van der Waals surface area contributed by atoms with Crippen LogP contribution < -0.4 is 0 Å². The molecule has 0 saturated carbocycles. The molecule has 0 saturated heterocycles. The van der Waals surface area contributed by atoms with Crippen LogP contribution in [0.15, 0.2) is 22.1 Å². The van der Waals surface area contributed by atoms with Crippen molar-refractivity contribution in [1.82, 2.24) is 4.98 Å². The zero-order valence-corrected chi connectivity index (χ0v) is 8.37. The van der Waals surface area contributed by atoms with E-state index in [0.717, 1.165) is 9.99 Å². The third-order valence-electron chi connectivity index (χ3n) is 1.53. The van der Waals surface area contributed by atoms with Gasteiger partial charge in [-0.3, -0.25) is 0 Å². The van der Waals surface area contributed by atoms with Gasteiger partial charge >= 0.3 is 0 Å². The summed E-state index contributed by atoms with van der Waals surface area (Å²) in [6.45, 7) is 2.09. The van der Waals surface area contributed by atoms with Crippen molar-refractivity contribution >= 4 is 37.5 Å². The molecule has 11 heavy (non-hydrogen) atoms. The molecule has 56 valence electrons. The lowest BCUT2D eigenvalue weighted by molar-refractivity contribution is 1.44. The SMILES string of the molecule is Cc1cc(Br)c2ncsc2c1. The van der Waals surface area contributed by atoms with Gasteiger partial charge < -0.3 is 0 Å². The Balaban J connectivity index is 2.91. The first kappa shape index (κ1) is 7.25. The van der Waals surface area contributed by atoms with Crippen LogP contribution in [0.25, 0.3) is 10.2 Å². The summed E-state index contributed by atoms with van der Waals surface area (Å²) in [5.41, 5.74) is 4.21. The molecular weight excluding hydrogens is 222 g/mol. The Morgan fingerprint density at radius 3 is 3.09 bits per heavy atom. The molecule has 3 heteroatoms. The number of hydrogen-bond acceptors (Lipinski definition) is 2. The number of halogens is 1. The minimum atomic E-state index is 1.07. The van der Waals surface area contributed by atoms with Crippen molar-refractivity contribution in [2.75, 3.05) is 0 Å². The Bertz CT molecular complexity index is 394. The first-order chi connectivity index (χ1) is 5.27. The van der Waals surface area contributed by atoms with Crippen LogP contribution >= 0.6 is 27.3 Å². The molecular formula is C8H6BrNS. The lowest BCUT2D eigenvalue weighted by Crippen LogP contribution is -1.73. The Morgan fingerprint density at radius 1 is 1.45 bits per heavy atom. The maximum Gasteiger partial charge on any atom is 0.0954 e. The van der Waals surface area contributed by atoms with E-state index < -0.39 is 0 Å². The van der Waals surface area contributed by atoms with Crippen molar-refractivity contribution in [3.05, 3.63) is 27.7 Å². The number of hydrogen-bond donors (Lipinski definition) is 0. The fraction of sp³-hybridized carbons (Fsp3) is 0.125. The molecule has 0 N–H and O–H groups in total. The Hall–Kier alpha value is -0.410. The van der Waals surface area contributed by atoms with Gasteiger partial charge in [-0.25, -0.2) is 4.98 Å². The Labute approximate surface area is 77.2 Å². The van der Waals surface area contributed by atoms with Crippen LogP contribution in [0.5, 0.6) is 0 Å². The highest BCUT2D eigenvalue weighted by molar-refractivity contribution is 9.10. The molecule has 1 nitrogen and oxygen atoms in total. The van der Waals surface area contributed by atoms with Gasteiger partial charge in [-0.2, -0.15) is 0 Å². The van der Waals surface area contributed by atoms with Crippen molar-refractivity contribution in [1.29, 1.82) is 0 Å². The minimum Gasteiger partial charge on any atom is -0.243 e. The lowest BCUT2D eigenvalue weighted by atomic mass is 10.2. The summed E-state index contributed by atoms with van der Waals surface area (Å²) in [5, 5.41) is 0. The van der Waals surface area contributed by atoms with Gasteiger partial charge in [-0.15, -0.1) is 11.3 Å². The van der Waals surface area contributed by atoms with Gasteiger partial charge in [0.05, 0.1) is 15.7 Å². The second-order valence-electron chi connectivity index (χ2n) is 2.45. The van der Waals surface area contributed by atoms with E-state index in [2.05, 4.69) is 40.0 Å². The zero-order valence-electron chi connectivity index (χ0n) is 5.97. The highest BCUT2D eigenvalue weighted by Crippen LogP contribution is 2.26. The molecule has 0 unspecified atom stereocenters. The van der Waals surface area contributed by atoms with Crippen LogP contribution in [0.3, 0.4) is 0 Å². The zero-order chi connectivity index (χ0) is 7.84. The Kier molecular flexibility index (Phi) is 1.69. The van der Waals surface area contributed by atoms with Gasteiger partial charge in [0.15, 0.2) is 0 Å². The highest BCUT2D eigenvalue weighted by atomic mass is 79.9. The largest absolute Gasteiger partial charge is 0.243 e. The minimum absolute atomic E-state index is 1.07. The van der Waals surface area contributed by atoms with Crippen LogP contribution in [0.1, 0.15) is 5.56 Å². The average Bonchev–Trinajstić information content (AvgIpc) is 2.34. The lowest BCUT2D eigenvalue weighted by Gasteiger charge is -1.94. The van der Waals surface area contributed by atoms with Crippen molar-refractivity contribution in [2.45, 2.75) is 6.92 Å². The summed E-state index contributed by atoms with van der Waals surface area (Å²) >= 11 is 5.15. The molecule has 0 radical (unpaired) electrons. The highest BCUT2D eigenvalue weighted by Gasteiger charge is 2.00. The van der Waals surface area contributed by atoms with E-state index in [4.69, 9.17) is 0 Å². The van der Waals surface area contributed by atoms with Gasteiger partial charge in [0.1, 0.15) is 0 Å². The second-order valence-corrected chi connectivity index (χ2v) is 4.19. The molecule has 0 aliphatic rings. The summed E-state index contributed by atoms with van der Waals surface area (Å²) in [6.07, 6.45) is 0. The van der Waals surface area contributed by atoms with E-state index in [1.807, 2.05) is 5.51 Å². The van der Waals surface area contributed by atoms with E-state index in [1.54, 1.807) is 11.3 Å². The van der Waals surface area contributed by atoms with Crippen molar-refractivity contribution in [3.8, 4) is 0 Å². The number of aromatic nitrogens is 1. The number of fused-ring (bicyclic) bond motifs is 1. The van der Waals surface area contributed by atoms with Crippen molar-refractivity contribution in [2.24, 2.45) is 0 Å². The van der Waals surface area contributed by atoms with Gasteiger partial charge in [-0.1, -0.05) is 0 Å². The third-order valence-corrected chi connectivity index (χ3v) is 2.91. The Morgan fingerprint density at radius 2 is 2.27 bits per heavy atom. The predicted octanol–water partition coefficient (Wildman–Crippen LogP) is 3.37. The van der Waals surface area contributed by atoms with Gasteiger partial charge in [-0.05, 0) is 40.5 Å². The van der Waals surface area contributed by atoms with Gasteiger partial charge in [0.2, 0.25) is 0 Å². The molecule has 0 atom stereocenters. The summed E-state index contributed by atoms with van der Waals surface area (Å²) in [4.78, 5) is 4.23. The molecule has 0 amide bonds. The molecule has 1 aromatic carbocycles. The predicted molar refractivity (Wildman–Crippen MR) is 52.1 cm³/mol. The van der Waals surface area contributed by atoms with E-state index in [9.17, 15) is 0 Å². The van der Waals surface area contributed by atoms with Gasteiger partial charge in [0.25, 0.3) is 0 Å². The quantitative estimate of drug-likeness (QED) is 0.673. The molecule has 0 spiro atoms. The van der Waals surface area contributed by atoms with Crippen LogP contribution in [0.4, 0.5) is 0 Å². The molecule has 0 aliphatic heterocycles. The molecule has 2 aromatic rings. The third kappa shape index (κ3) is 1.19. The fourth-order valence-corrected chi connectivity index (χ4v) is 2.66. The summed E-state index contributed by atoms with van der Waals surface area (Å²) in [6, 6.07) is 4.24. The van der Waals surface area contributed by atoms with Crippen molar-refractivity contribution < 1.29 is 0 Å². The first-order valence-corrected chi connectivity index (χ1v) is 4.94. The van der Waals surface area contributed by atoms with Crippen LogP contribution in [-0.4, -0.2) is 4.98 Å². The number of thiazole rings is 1. The molecule has 2 rings (SSSR count). The summed E-state index contributed by atoms with van der Waals surface area (Å²) < 4.78 is 2.34. The number of benzene rings is 1. The topological polar surface area (TPSA) is 12.9 Å². The summed E-state index contributed by atoms with van der Waals surface area (Å²) in [7, 11) is 0. The van der Waals surface area contributed by atoms with Crippen LogP contribution in [0.2, 0.25) is 0 Å². The molecule has 1 heterocycles. The summed E-state index contributed by atoms with van der Waals surface area (Å²) in [5.74, 6) is 0. The van der Waals surface area contributed by atoms with E-state index in [1.165, 1.54) is 10.3 Å². The standard InChI is InChI=1S/C8H6BrNS/c1-5-2-6(9)8-7(3-5)11-4-10-8/h2-4H,1H3. The number of rotatable bonds is 0.